The number of nitrogens with two attached hydrogens (primary N) is 1. The molecule has 6 heteroatoms. The molecule has 1 atom stereocenters. The second-order valence-electron chi connectivity index (χ2n) is 7.46. The second-order valence-corrected chi connectivity index (χ2v) is 8.59. The van der Waals surface area contributed by atoms with Crippen LogP contribution in [0.3, 0.4) is 0 Å². The summed E-state index contributed by atoms with van der Waals surface area (Å²) in [4.78, 5) is 16.5. The van der Waals surface area contributed by atoms with E-state index in [0.29, 0.717) is 0 Å². The van der Waals surface area contributed by atoms with E-state index in [-0.39, 0.29) is 17.3 Å². The molecule has 1 amide bonds. The van der Waals surface area contributed by atoms with Gasteiger partial charge in [0, 0.05) is 29.3 Å². The van der Waals surface area contributed by atoms with Crippen LogP contribution in [0.5, 0.6) is 0 Å². The zero-order valence-electron chi connectivity index (χ0n) is 15.8. The molecule has 0 saturated carbocycles. The van der Waals surface area contributed by atoms with Gasteiger partial charge in [0.25, 0.3) is 5.92 Å². The molecule has 2 aromatic rings. The molecule has 0 aliphatic heterocycles. The number of rotatable bonds is 4. The van der Waals surface area contributed by atoms with Gasteiger partial charge in [0.1, 0.15) is 0 Å². The Kier molecular flexibility index (Phi) is 4.89. The van der Waals surface area contributed by atoms with E-state index in [1.165, 1.54) is 17.0 Å². The third-order valence-corrected chi connectivity index (χ3v) is 6.59. The van der Waals surface area contributed by atoms with Gasteiger partial charge in [-0.1, -0.05) is 24.8 Å². The van der Waals surface area contributed by atoms with Crippen molar-refractivity contribution in [2.75, 3.05) is 7.05 Å². The van der Waals surface area contributed by atoms with E-state index in [9.17, 15) is 13.6 Å². The van der Waals surface area contributed by atoms with Gasteiger partial charge in [0.2, 0.25) is 5.91 Å². The molecule has 1 aliphatic rings. The van der Waals surface area contributed by atoms with Gasteiger partial charge in [0.15, 0.2) is 0 Å². The van der Waals surface area contributed by atoms with Crippen molar-refractivity contribution in [3.8, 4) is 10.4 Å². The number of carbonyl (C=O) groups is 1. The predicted molar refractivity (Wildman–Crippen MR) is 106 cm³/mol. The Hall–Kier alpha value is -2.21. The number of nitrogens with zero attached hydrogens (tertiary/aromatic N) is 1. The Morgan fingerprint density at radius 1 is 1.37 bits per heavy atom. The number of carbonyl (C=O) groups excluding carboxylic acids is 1. The molecule has 0 bridgehead atoms. The fraction of sp³-hybridized carbons (Fsp3) is 0.381. The van der Waals surface area contributed by atoms with Crippen LogP contribution in [0.15, 0.2) is 42.7 Å². The van der Waals surface area contributed by atoms with Gasteiger partial charge in [-0.2, -0.15) is 0 Å². The lowest BCUT2D eigenvalue weighted by Crippen LogP contribution is -2.45. The van der Waals surface area contributed by atoms with Crippen LogP contribution in [0.25, 0.3) is 10.4 Å². The number of amides is 1. The Balaban J connectivity index is 2.04. The fourth-order valence-electron chi connectivity index (χ4n) is 3.63. The number of alkyl halides is 2. The number of likely N-dealkylation sites (N-methyl/N-ethyl adjacent to an activating group) is 1. The molecular formula is C21H24F2N2OS. The van der Waals surface area contributed by atoms with E-state index in [1.54, 1.807) is 24.5 Å². The van der Waals surface area contributed by atoms with Crippen molar-refractivity contribution in [3.05, 3.63) is 58.7 Å². The van der Waals surface area contributed by atoms with E-state index in [0.717, 1.165) is 47.1 Å². The molecule has 27 heavy (non-hydrogen) atoms. The lowest BCUT2D eigenvalue weighted by molar-refractivity contribution is -0.134. The number of fused-ring (bicyclic) bond motifs is 1. The topological polar surface area (TPSA) is 46.3 Å². The van der Waals surface area contributed by atoms with Crippen molar-refractivity contribution in [3.63, 3.8) is 0 Å². The largest absolute Gasteiger partial charge is 0.386 e. The zero-order valence-corrected chi connectivity index (χ0v) is 16.6. The highest BCUT2D eigenvalue weighted by Crippen LogP contribution is 2.45. The summed E-state index contributed by atoms with van der Waals surface area (Å²) in [6, 6.07) is 8.44. The van der Waals surface area contributed by atoms with Crippen LogP contribution in [-0.4, -0.2) is 17.9 Å². The van der Waals surface area contributed by atoms with Gasteiger partial charge in [-0.05, 0) is 49.4 Å². The van der Waals surface area contributed by atoms with Crippen LogP contribution in [0.2, 0.25) is 0 Å². The average Bonchev–Trinajstić information content (AvgIpc) is 3.05. The number of benzene rings is 1. The summed E-state index contributed by atoms with van der Waals surface area (Å²) >= 11 is 1.58. The number of hydrogen-bond donors (Lipinski definition) is 1. The summed E-state index contributed by atoms with van der Waals surface area (Å²) in [6.45, 7) is 6.49. The molecule has 3 nitrogen and oxygen atoms in total. The van der Waals surface area contributed by atoms with Gasteiger partial charge in [-0.15, -0.1) is 11.3 Å². The number of halogens is 2. The zero-order chi connectivity index (χ0) is 20.0. The van der Waals surface area contributed by atoms with Gasteiger partial charge in [-0.3, -0.25) is 4.79 Å². The summed E-state index contributed by atoms with van der Waals surface area (Å²) < 4.78 is 27.4. The summed E-state index contributed by atoms with van der Waals surface area (Å²) in [5, 5.41) is 0. The van der Waals surface area contributed by atoms with Crippen LogP contribution in [0.1, 0.15) is 42.7 Å². The highest BCUT2D eigenvalue weighted by atomic mass is 32.1. The van der Waals surface area contributed by atoms with E-state index in [2.05, 4.69) is 6.58 Å². The van der Waals surface area contributed by atoms with Crippen LogP contribution < -0.4 is 5.73 Å². The second kappa shape index (κ2) is 6.75. The molecule has 0 fully saturated rings. The van der Waals surface area contributed by atoms with E-state index < -0.39 is 11.3 Å². The van der Waals surface area contributed by atoms with Crippen molar-refractivity contribution < 1.29 is 13.6 Å². The minimum atomic E-state index is -2.89. The quantitative estimate of drug-likeness (QED) is 0.798. The van der Waals surface area contributed by atoms with Crippen molar-refractivity contribution in [1.82, 2.24) is 4.90 Å². The van der Waals surface area contributed by atoms with Crippen molar-refractivity contribution >= 4 is 17.2 Å². The molecule has 2 N–H and O–H groups in total. The minimum absolute atomic E-state index is 0.00984. The predicted octanol–water partition coefficient (Wildman–Crippen LogP) is 5.01. The average molecular weight is 390 g/mol. The summed E-state index contributed by atoms with van der Waals surface area (Å²) in [5.74, 6) is -2.77. The third-order valence-electron chi connectivity index (χ3n) is 5.35. The Bertz CT molecular complexity index is 900. The lowest BCUT2D eigenvalue weighted by atomic mass is 9.73. The smallest absolute Gasteiger partial charge is 0.270 e. The van der Waals surface area contributed by atoms with Crippen LogP contribution in [0, 0.1) is 0 Å². The molecule has 0 radical (unpaired) electrons. The Morgan fingerprint density at radius 2 is 2.07 bits per heavy atom. The summed E-state index contributed by atoms with van der Waals surface area (Å²) in [5.41, 5.74) is 6.74. The Morgan fingerprint density at radius 3 is 2.70 bits per heavy atom. The molecule has 0 saturated heterocycles. The lowest BCUT2D eigenvalue weighted by Gasteiger charge is -2.35. The molecular weight excluding hydrogens is 366 g/mol. The first-order chi connectivity index (χ1) is 12.5. The van der Waals surface area contributed by atoms with Crippen molar-refractivity contribution in [2.45, 2.75) is 44.4 Å². The standard InChI is InChI=1S/C21H24F2N2OS/c1-13(24)25(4)19(26)20(2)10-6-9-17-16(20)12-18(27-17)14-7-5-8-15(11-14)21(3,22)23/h5,7-8,11-12H,1,6,9-10,24H2,2-4H3. The normalized spacial score (nSPS) is 19.4. The van der Waals surface area contributed by atoms with E-state index >= 15 is 0 Å². The molecule has 1 aromatic carbocycles. The monoisotopic (exact) mass is 390 g/mol. The van der Waals surface area contributed by atoms with E-state index in [4.69, 9.17) is 5.73 Å². The molecule has 1 aliphatic carbocycles. The van der Waals surface area contributed by atoms with Crippen molar-refractivity contribution in [1.29, 1.82) is 0 Å². The number of hydrogen-bond acceptors (Lipinski definition) is 3. The van der Waals surface area contributed by atoms with Gasteiger partial charge in [-0.25, -0.2) is 8.78 Å². The molecule has 1 unspecified atom stereocenters. The van der Waals surface area contributed by atoms with Crippen LogP contribution in [-0.2, 0) is 22.6 Å². The summed E-state index contributed by atoms with van der Waals surface area (Å²) in [7, 11) is 1.63. The maximum atomic E-state index is 13.7. The molecule has 0 spiro atoms. The van der Waals surface area contributed by atoms with Gasteiger partial charge in [0.05, 0.1) is 11.2 Å². The minimum Gasteiger partial charge on any atom is -0.386 e. The van der Waals surface area contributed by atoms with E-state index in [1.807, 2.05) is 19.1 Å². The maximum absolute atomic E-state index is 13.7. The SMILES string of the molecule is C=C(N)N(C)C(=O)C1(C)CCCc2sc(-c3cccc(C(C)(F)F)c3)cc21. The Labute approximate surface area is 162 Å². The number of aryl methyl sites for hydroxylation is 1. The van der Waals surface area contributed by atoms with Crippen LogP contribution >= 0.6 is 11.3 Å². The highest BCUT2D eigenvalue weighted by molar-refractivity contribution is 7.15. The summed E-state index contributed by atoms with van der Waals surface area (Å²) in [6.07, 6.45) is 2.51. The molecule has 144 valence electrons. The fourth-order valence-corrected chi connectivity index (χ4v) is 4.96. The molecule has 1 heterocycles. The highest BCUT2D eigenvalue weighted by Gasteiger charge is 2.42. The van der Waals surface area contributed by atoms with Crippen LogP contribution in [0.4, 0.5) is 8.78 Å². The first-order valence-corrected chi connectivity index (χ1v) is 9.70. The van der Waals surface area contributed by atoms with Gasteiger partial charge < -0.3 is 10.6 Å². The van der Waals surface area contributed by atoms with Crippen molar-refractivity contribution in [2.24, 2.45) is 5.73 Å². The number of thiophene rings is 1. The first kappa shape index (κ1) is 19.5. The first-order valence-electron chi connectivity index (χ1n) is 8.88. The molecule has 3 rings (SSSR count). The third kappa shape index (κ3) is 3.50. The van der Waals surface area contributed by atoms with Gasteiger partial charge >= 0.3 is 0 Å². The molecule has 1 aromatic heterocycles. The maximum Gasteiger partial charge on any atom is 0.270 e.